The zero-order chi connectivity index (χ0) is 18.9. The number of ether oxygens (including phenoxy) is 2. The first kappa shape index (κ1) is 19.4. The Kier molecular flexibility index (Phi) is 7.11. The van der Waals surface area contributed by atoms with Crippen LogP contribution in [0, 0.1) is 0 Å². The van der Waals surface area contributed by atoms with Gasteiger partial charge in [0.2, 0.25) is 0 Å². The number of hydrogen-bond donors (Lipinski definition) is 2. The quantitative estimate of drug-likeness (QED) is 0.598. The number of para-hydroxylation sites is 1. The maximum absolute atomic E-state index is 12.4. The molecule has 0 atom stereocenters. The van der Waals surface area contributed by atoms with E-state index in [0.29, 0.717) is 35.8 Å². The van der Waals surface area contributed by atoms with Crippen molar-refractivity contribution < 1.29 is 19.1 Å². The zero-order valence-electron chi connectivity index (χ0n) is 14.6. The zero-order valence-corrected chi connectivity index (χ0v) is 15.4. The fourth-order valence-corrected chi connectivity index (χ4v) is 2.38. The van der Waals surface area contributed by atoms with Gasteiger partial charge in [-0.2, -0.15) is 0 Å². The van der Waals surface area contributed by atoms with E-state index in [1.54, 1.807) is 55.5 Å². The summed E-state index contributed by atoms with van der Waals surface area (Å²) in [5.41, 5.74) is 1.48. The lowest BCUT2D eigenvalue weighted by atomic mass is 10.2. The highest BCUT2D eigenvalue weighted by Gasteiger charge is 2.13. The first-order valence-electron chi connectivity index (χ1n) is 8.16. The van der Waals surface area contributed by atoms with Crippen LogP contribution in [-0.2, 0) is 4.74 Å². The summed E-state index contributed by atoms with van der Waals surface area (Å²) in [4.78, 5) is 24.0. The van der Waals surface area contributed by atoms with E-state index in [1.165, 1.54) is 0 Å². The van der Waals surface area contributed by atoms with Crippen molar-refractivity contribution in [2.45, 2.75) is 13.8 Å². The molecular formula is C19H20N2O4S. The molecule has 6 nitrogen and oxygen atoms in total. The van der Waals surface area contributed by atoms with Crippen LogP contribution in [0.2, 0.25) is 0 Å². The van der Waals surface area contributed by atoms with Gasteiger partial charge in [0.25, 0.3) is 5.91 Å². The summed E-state index contributed by atoms with van der Waals surface area (Å²) >= 11 is 5.17. The van der Waals surface area contributed by atoms with Crippen LogP contribution in [0.4, 0.5) is 5.69 Å². The summed E-state index contributed by atoms with van der Waals surface area (Å²) in [7, 11) is 0. The molecule has 0 radical (unpaired) electrons. The molecule has 0 bridgehead atoms. The van der Waals surface area contributed by atoms with Crippen molar-refractivity contribution in [1.29, 1.82) is 0 Å². The highest BCUT2D eigenvalue weighted by molar-refractivity contribution is 7.80. The highest BCUT2D eigenvalue weighted by atomic mass is 32.1. The minimum absolute atomic E-state index is 0.144. The number of nitrogens with one attached hydrogen (secondary N) is 2. The van der Waals surface area contributed by atoms with Crippen LogP contribution in [0.25, 0.3) is 0 Å². The van der Waals surface area contributed by atoms with E-state index < -0.39 is 0 Å². The van der Waals surface area contributed by atoms with E-state index in [4.69, 9.17) is 21.7 Å². The van der Waals surface area contributed by atoms with Gasteiger partial charge in [0.05, 0.1) is 24.3 Å². The van der Waals surface area contributed by atoms with Gasteiger partial charge in [-0.25, -0.2) is 4.79 Å². The first-order valence-corrected chi connectivity index (χ1v) is 8.57. The van der Waals surface area contributed by atoms with Gasteiger partial charge >= 0.3 is 5.97 Å². The second kappa shape index (κ2) is 9.53. The molecule has 2 aromatic rings. The number of carbonyl (C=O) groups is 2. The Morgan fingerprint density at radius 1 is 1.00 bits per heavy atom. The minimum Gasteiger partial charge on any atom is -0.493 e. The summed E-state index contributed by atoms with van der Waals surface area (Å²) < 4.78 is 10.4. The average Bonchev–Trinajstić information content (AvgIpc) is 2.63. The summed E-state index contributed by atoms with van der Waals surface area (Å²) in [6, 6.07) is 13.5. The van der Waals surface area contributed by atoms with Gasteiger partial charge in [-0.15, -0.1) is 0 Å². The molecule has 0 aliphatic carbocycles. The third-order valence-electron chi connectivity index (χ3n) is 3.31. The summed E-state index contributed by atoms with van der Waals surface area (Å²) in [6.45, 7) is 4.37. The van der Waals surface area contributed by atoms with Gasteiger partial charge in [0.1, 0.15) is 5.75 Å². The fraction of sp³-hybridized carbons (Fsp3) is 0.211. The lowest BCUT2D eigenvalue weighted by molar-refractivity contribution is 0.0526. The first-order chi connectivity index (χ1) is 12.5. The monoisotopic (exact) mass is 372 g/mol. The summed E-state index contributed by atoms with van der Waals surface area (Å²) in [6.07, 6.45) is 0. The molecule has 0 fully saturated rings. The minimum atomic E-state index is -0.387. The van der Waals surface area contributed by atoms with Gasteiger partial charge in [0.15, 0.2) is 5.11 Å². The SMILES string of the molecule is CCOC(=O)c1ccc(NC(=S)NC(=O)c2ccccc2OCC)cc1. The Morgan fingerprint density at radius 2 is 1.69 bits per heavy atom. The van der Waals surface area contributed by atoms with Gasteiger partial charge in [-0.3, -0.25) is 10.1 Å². The molecule has 2 N–H and O–H groups in total. The molecule has 0 aliphatic rings. The van der Waals surface area contributed by atoms with E-state index in [1.807, 2.05) is 6.92 Å². The number of hydrogen-bond acceptors (Lipinski definition) is 5. The number of carbonyl (C=O) groups excluding carboxylic acids is 2. The molecule has 0 unspecified atom stereocenters. The standard InChI is InChI=1S/C19H20N2O4S/c1-3-24-16-8-6-5-7-15(16)17(22)21-19(26)20-14-11-9-13(10-12-14)18(23)25-4-2/h5-12H,3-4H2,1-2H3,(H2,20,21,22,26). The molecule has 0 heterocycles. The van der Waals surface area contributed by atoms with Crippen molar-refractivity contribution in [3.8, 4) is 5.75 Å². The van der Waals surface area contributed by atoms with Gasteiger partial charge in [0, 0.05) is 5.69 Å². The molecule has 2 aromatic carbocycles. The number of thiocarbonyl (C=S) groups is 1. The van der Waals surface area contributed by atoms with Gasteiger partial charge in [-0.05, 0) is 62.5 Å². The number of esters is 1. The normalized spacial score (nSPS) is 9.92. The Bertz CT molecular complexity index is 790. The van der Waals surface area contributed by atoms with Crippen molar-refractivity contribution in [2.24, 2.45) is 0 Å². The van der Waals surface area contributed by atoms with Crippen LogP contribution in [0.1, 0.15) is 34.6 Å². The molecule has 0 aliphatic heterocycles. The second-order valence-corrected chi connectivity index (χ2v) is 5.54. The molecule has 1 amide bonds. The lowest BCUT2D eigenvalue weighted by Crippen LogP contribution is -2.34. The fourth-order valence-electron chi connectivity index (χ4n) is 2.17. The summed E-state index contributed by atoms with van der Waals surface area (Å²) in [5.74, 6) is -0.258. The molecule has 2 rings (SSSR count). The lowest BCUT2D eigenvalue weighted by Gasteiger charge is -2.12. The number of rotatable bonds is 6. The number of benzene rings is 2. The molecule has 0 aromatic heterocycles. The third-order valence-corrected chi connectivity index (χ3v) is 3.52. The van der Waals surface area contributed by atoms with Crippen molar-refractivity contribution in [2.75, 3.05) is 18.5 Å². The third kappa shape index (κ3) is 5.29. The van der Waals surface area contributed by atoms with Crippen LogP contribution < -0.4 is 15.4 Å². The van der Waals surface area contributed by atoms with Crippen LogP contribution in [0.3, 0.4) is 0 Å². The second-order valence-electron chi connectivity index (χ2n) is 5.14. The van der Waals surface area contributed by atoms with E-state index in [0.717, 1.165) is 0 Å². The average molecular weight is 372 g/mol. The van der Waals surface area contributed by atoms with Crippen LogP contribution in [-0.4, -0.2) is 30.2 Å². The Morgan fingerprint density at radius 3 is 2.35 bits per heavy atom. The van der Waals surface area contributed by atoms with Crippen LogP contribution >= 0.6 is 12.2 Å². The smallest absolute Gasteiger partial charge is 0.338 e. The van der Waals surface area contributed by atoms with E-state index in [9.17, 15) is 9.59 Å². The maximum Gasteiger partial charge on any atom is 0.338 e. The molecule has 0 saturated carbocycles. The molecular weight excluding hydrogens is 352 g/mol. The molecule has 136 valence electrons. The van der Waals surface area contributed by atoms with Crippen LogP contribution in [0.15, 0.2) is 48.5 Å². The molecule has 0 spiro atoms. The highest BCUT2D eigenvalue weighted by Crippen LogP contribution is 2.18. The molecule has 26 heavy (non-hydrogen) atoms. The summed E-state index contributed by atoms with van der Waals surface area (Å²) in [5, 5.41) is 5.65. The molecule has 7 heteroatoms. The van der Waals surface area contributed by atoms with Crippen molar-refractivity contribution >= 4 is 34.9 Å². The van der Waals surface area contributed by atoms with E-state index in [-0.39, 0.29) is 17.0 Å². The predicted molar refractivity (Wildman–Crippen MR) is 104 cm³/mol. The van der Waals surface area contributed by atoms with E-state index >= 15 is 0 Å². The Balaban J connectivity index is 1.98. The number of anilines is 1. The van der Waals surface area contributed by atoms with Crippen molar-refractivity contribution in [1.82, 2.24) is 5.32 Å². The van der Waals surface area contributed by atoms with Gasteiger partial charge < -0.3 is 14.8 Å². The Hall–Kier alpha value is -2.93. The predicted octanol–water partition coefficient (Wildman–Crippen LogP) is 3.39. The topological polar surface area (TPSA) is 76.7 Å². The van der Waals surface area contributed by atoms with Crippen molar-refractivity contribution in [3.05, 3.63) is 59.7 Å². The van der Waals surface area contributed by atoms with Gasteiger partial charge in [-0.1, -0.05) is 12.1 Å². The number of amides is 1. The van der Waals surface area contributed by atoms with Crippen LogP contribution in [0.5, 0.6) is 5.75 Å². The van der Waals surface area contributed by atoms with Crippen molar-refractivity contribution in [3.63, 3.8) is 0 Å². The Labute approximate surface area is 157 Å². The largest absolute Gasteiger partial charge is 0.493 e. The molecule has 0 saturated heterocycles. The van der Waals surface area contributed by atoms with E-state index in [2.05, 4.69) is 10.6 Å². The maximum atomic E-state index is 12.4.